The number of rotatable bonds is 2. The molecule has 3 heterocycles. The van der Waals surface area contributed by atoms with Gasteiger partial charge < -0.3 is 19.8 Å². The molecule has 0 saturated carbocycles. The number of aromatic nitrogens is 3. The topological polar surface area (TPSA) is 72.1 Å². The molecule has 6 heteroatoms. The molecule has 1 aliphatic heterocycles. The second-order valence-corrected chi connectivity index (χ2v) is 4.13. The molecular formula is C13H10N4O2. The number of aromatic amines is 1. The quantitative estimate of drug-likeness (QED) is 0.734. The van der Waals surface area contributed by atoms with Gasteiger partial charge in [-0.05, 0) is 18.2 Å². The van der Waals surface area contributed by atoms with Gasteiger partial charge in [-0.25, -0.2) is 9.97 Å². The summed E-state index contributed by atoms with van der Waals surface area (Å²) in [5.74, 6) is 2.18. The van der Waals surface area contributed by atoms with Gasteiger partial charge in [0.2, 0.25) is 6.79 Å². The van der Waals surface area contributed by atoms with Crippen molar-refractivity contribution in [1.82, 2.24) is 15.0 Å². The first-order chi connectivity index (χ1) is 9.42. The number of H-pyrrole nitrogens is 1. The molecule has 0 radical (unpaired) electrons. The number of hydrogen-bond donors (Lipinski definition) is 2. The third kappa shape index (κ3) is 1.57. The SMILES string of the molecule is c1cc(Nc2ncnc3[nH]ccc23)c2c(c1)OCO2. The molecule has 0 spiro atoms. The number of ether oxygens (including phenoxy) is 2. The van der Waals surface area contributed by atoms with E-state index in [1.165, 1.54) is 6.33 Å². The molecule has 94 valence electrons. The van der Waals surface area contributed by atoms with E-state index in [-0.39, 0.29) is 6.79 Å². The molecular weight excluding hydrogens is 244 g/mol. The van der Waals surface area contributed by atoms with Crippen molar-refractivity contribution in [3.8, 4) is 11.5 Å². The van der Waals surface area contributed by atoms with Crippen molar-refractivity contribution in [3.63, 3.8) is 0 Å². The van der Waals surface area contributed by atoms with Crippen molar-refractivity contribution in [2.45, 2.75) is 0 Å². The molecule has 1 aliphatic rings. The van der Waals surface area contributed by atoms with E-state index in [1.807, 2.05) is 30.5 Å². The second-order valence-electron chi connectivity index (χ2n) is 4.13. The van der Waals surface area contributed by atoms with Crippen LogP contribution < -0.4 is 14.8 Å². The first kappa shape index (κ1) is 10.2. The number of nitrogens with one attached hydrogen (secondary N) is 2. The molecule has 0 unspecified atom stereocenters. The van der Waals surface area contributed by atoms with Crippen molar-refractivity contribution >= 4 is 22.5 Å². The third-order valence-corrected chi connectivity index (χ3v) is 3.00. The summed E-state index contributed by atoms with van der Waals surface area (Å²) in [7, 11) is 0. The predicted octanol–water partition coefficient (Wildman–Crippen LogP) is 2.43. The number of nitrogens with zero attached hydrogens (tertiary/aromatic N) is 2. The van der Waals surface area contributed by atoms with Crippen molar-refractivity contribution in [1.29, 1.82) is 0 Å². The van der Waals surface area contributed by atoms with E-state index in [0.717, 1.165) is 28.3 Å². The molecule has 1 aromatic carbocycles. The van der Waals surface area contributed by atoms with Crippen LogP contribution in [-0.4, -0.2) is 21.7 Å². The molecule has 3 aromatic rings. The fraction of sp³-hybridized carbons (Fsp3) is 0.0769. The lowest BCUT2D eigenvalue weighted by molar-refractivity contribution is 0.174. The van der Waals surface area contributed by atoms with Gasteiger partial charge in [0.1, 0.15) is 17.8 Å². The molecule has 4 rings (SSSR count). The normalized spacial score (nSPS) is 12.8. The van der Waals surface area contributed by atoms with Gasteiger partial charge >= 0.3 is 0 Å². The molecule has 0 aliphatic carbocycles. The Hall–Kier alpha value is -2.76. The van der Waals surface area contributed by atoms with Gasteiger partial charge in [-0.1, -0.05) is 6.07 Å². The summed E-state index contributed by atoms with van der Waals surface area (Å²) in [6.45, 7) is 0.247. The predicted molar refractivity (Wildman–Crippen MR) is 69.7 cm³/mol. The van der Waals surface area contributed by atoms with E-state index in [1.54, 1.807) is 0 Å². The summed E-state index contributed by atoms with van der Waals surface area (Å²) in [5.41, 5.74) is 1.62. The number of para-hydroxylation sites is 1. The van der Waals surface area contributed by atoms with Crippen LogP contribution in [0.4, 0.5) is 11.5 Å². The molecule has 0 fully saturated rings. The van der Waals surface area contributed by atoms with E-state index < -0.39 is 0 Å². The molecule has 0 saturated heterocycles. The lowest BCUT2D eigenvalue weighted by Gasteiger charge is -2.08. The Labute approximate surface area is 108 Å². The Balaban J connectivity index is 1.80. The molecule has 2 N–H and O–H groups in total. The highest BCUT2D eigenvalue weighted by atomic mass is 16.7. The van der Waals surface area contributed by atoms with Crippen molar-refractivity contribution in [3.05, 3.63) is 36.8 Å². The van der Waals surface area contributed by atoms with Crippen LogP contribution in [0, 0.1) is 0 Å². The van der Waals surface area contributed by atoms with Gasteiger partial charge in [0, 0.05) is 6.20 Å². The Morgan fingerprint density at radius 1 is 1.16 bits per heavy atom. The van der Waals surface area contributed by atoms with Gasteiger partial charge in [0.25, 0.3) is 0 Å². The van der Waals surface area contributed by atoms with Gasteiger partial charge in [0.05, 0.1) is 11.1 Å². The fourth-order valence-electron chi connectivity index (χ4n) is 2.13. The molecule has 6 nitrogen and oxygen atoms in total. The summed E-state index contributed by atoms with van der Waals surface area (Å²) in [6.07, 6.45) is 3.35. The number of hydrogen-bond acceptors (Lipinski definition) is 5. The smallest absolute Gasteiger partial charge is 0.231 e. The Kier molecular flexibility index (Phi) is 2.08. The maximum atomic E-state index is 5.46. The highest BCUT2D eigenvalue weighted by Crippen LogP contribution is 2.40. The minimum atomic E-state index is 0.247. The van der Waals surface area contributed by atoms with Gasteiger partial charge in [-0.3, -0.25) is 0 Å². The minimum absolute atomic E-state index is 0.247. The van der Waals surface area contributed by atoms with Crippen LogP contribution in [-0.2, 0) is 0 Å². The summed E-state index contributed by atoms with van der Waals surface area (Å²) in [5, 5.41) is 4.19. The summed E-state index contributed by atoms with van der Waals surface area (Å²) in [4.78, 5) is 11.5. The summed E-state index contributed by atoms with van der Waals surface area (Å²) < 4.78 is 10.8. The molecule has 2 aromatic heterocycles. The Bertz CT molecular complexity index is 753. The average molecular weight is 254 g/mol. The standard InChI is InChI=1S/C13H10N4O2/c1-2-9(11-10(3-1)18-7-19-11)17-13-8-4-5-14-12(8)15-6-16-13/h1-6H,7H2,(H2,14,15,16,17). The monoisotopic (exact) mass is 254 g/mol. The van der Waals surface area contributed by atoms with E-state index in [9.17, 15) is 0 Å². The zero-order valence-electron chi connectivity index (χ0n) is 9.88. The van der Waals surface area contributed by atoms with E-state index >= 15 is 0 Å². The van der Waals surface area contributed by atoms with Crippen LogP contribution >= 0.6 is 0 Å². The summed E-state index contributed by atoms with van der Waals surface area (Å²) in [6, 6.07) is 7.64. The fourth-order valence-corrected chi connectivity index (χ4v) is 2.13. The summed E-state index contributed by atoms with van der Waals surface area (Å²) >= 11 is 0. The van der Waals surface area contributed by atoms with Crippen LogP contribution in [0.2, 0.25) is 0 Å². The number of benzene rings is 1. The number of fused-ring (bicyclic) bond motifs is 2. The van der Waals surface area contributed by atoms with Crippen LogP contribution in [0.1, 0.15) is 0 Å². The largest absolute Gasteiger partial charge is 0.454 e. The van der Waals surface area contributed by atoms with Crippen molar-refractivity contribution in [2.24, 2.45) is 0 Å². The molecule has 0 bridgehead atoms. The highest BCUT2D eigenvalue weighted by molar-refractivity contribution is 5.89. The van der Waals surface area contributed by atoms with E-state index in [0.29, 0.717) is 5.75 Å². The maximum absolute atomic E-state index is 5.46. The van der Waals surface area contributed by atoms with E-state index in [4.69, 9.17) is 9.47 Å². The lowest BCUT2D eigenvalue weighted by Crippen LogP contribution is -1.97. The van der Waals surface area contributed by atoms with Crippen LogP contribution in [0.3, 0.4) is 0 Å². The minimum Gasteiger partial charge on any atom is -0.454 e. The first-order valence-electron chi connectivity index (χ1n) is 5.85. The van der Waals surface area contributed by atoms with E-state index in [2.05, 4.69) is 20.3 Å². The van der Waals surface area contributed by atoms with Crippen LogP contribution in [0.25, 0.3) is 11.0 Å². The number of anilines is 2. The maximum Gasteiger partial charge on any atom is 0.231 e. The lowest BCUT2D eigenvalue weighted by atomic mass is 10.2. The van der Waals surface area contributed by atoms with Gasteiger partial charge in [-0.15, -0.1) is 0 Å². The van der Waals surface area contributed by atoms with Crippen LogP contribution in [0.15, 0.2) is 36.8 Å². The second kappa shape index (κ2) is 3.88. The average Bonchev–Trinajstić information content (AvgIpc) is 3.08. The third-order valence-electron chi connectivity index (χ3n) is 3.00. The molecule has 19 heavy (non-hydrogen) atoms. The Morgan fingerprint density at radius 3 is 3.16 bits per heavy atom. The van der Waals surface area contributed by atoms with Gasteiger partial charge in [0.15, 0.2) is 11.5 Å². The first-order valence-corrected chi connectivity index (χ1v) is 5.85. The van der Waals surface area contributed by atoms with Crippen LogP contribution in [0.5, 0.6) is 11.5 Å². The Morgan fingerprint density at radius 2 is 2.16 bits per heavy atom. The molecule has 0 amide bonds. The van der Waals surface area contributed by atoms with Crippen molar-refractivity contribution in [2.75, 3.05) is 12.1 Å². The molecule has 0 atom stereocenters. The highest BCUT2D eigenvalue weighted by Gasteiger charge is 2.18. The zero-order valence-corrected chi connectivity index (χ0v) is 9.88. The van der Waals surface area contributed by atoms with Gasteiger partial charge in [-0.2, -0.15) is 0 Å². The zero-order chi connectivity index (χ0) is 12.7. The van der Waals surface area contributed by atoms with Crippen molar-refractivity contribution < 1.29 is 9.47 Å².